The summed E-state index contributed by atoms with van der Waals surface area (Å²) in [5.41, 5.74) is 2.07. The predicted octanol–water partition coefficient (Wildman–Crippen LogP) is 5.71. The van der Waals surface area contributed by atoms with Gasteiger partial charge >= 0.3 is 0 Å². The molecule has 1 saturated carbocycles. The van der Waals surface area contributed by atoms with Gasteiger partial charge in [-0.1, -0.05) is 78.9 Å². The van der Waals surface area contributed by atoms with Crippen molar-refractivity contribution in [3.63, 3.8) is 0 Å². The Bertz CT molecular complexity index is 1410. The lowest BCUT2D eigenvalue weighted by Crippen LogP contribution is -2.53. The van der Waals surface area contributed by atoms with E-state index in [1.54, 1.807) is 67.6 Å². The van der Waals surface area contributed by atoms with E-state index in [0.29, 0.717) is 10.7 Å². The molecule has 1 N–H and O–H groups in total. The van der Waals surface area contributed by atoms with Gasteiger partial charge in [-0.25, -0.2) is 8.42 Å². The van der Waals surface area contributed by atoms with Gasteiger partial charge in [0.2, 0.25) is 11.8 Å². The van der Waals surface area contributed by atoms with E-state index in [1.807, 2.05) is 13.0 Å². The lowest BCUT2D eigenvalue weighted by atomic mass is 9.95. The number of sulfonamides is 1. The zero-order valence-corrected chi connectivity index (χ0v) is 24.5. The maximum atomic E-state index is 14.0. The summed E-state index contributed by atoms with van der Waals surface area (Å²) in [5, 5.41) is 3.62. The first kappa shape index (κ1) is 29.6. The first-order valence-corrected chi connectivity index (χ1v) is 15.5. The summed E-state index contributed by atoms with van der Waals surface area (Å²) in [6, 6.07) is 21.4. The number of hydrogen-bond donors (Lipinski definition) is 1. The molecule has 0 heterocycles. The summed E-state index contributed by atoms with van der Waals surface area (Å²) in [7, 11) is -4.08. The standard InChI is InChI=1S/C31H36ClN3O4S/c1-23-16-18-28(19-17-23)35(40(38,39)29-14-7-4-8-15-29)22-30(36)34(21-25-10-9-11-26(32)20-25)24(2)31(37)33-27-12-5-3-6-13-27/h4,7-11,14-20,24,27H,3,5-6,12-13,21-22H2,1-2H3,(H,33,37). The summed E-state index contributed by atoms with van der Waals surface area (Å²) in [6.45, 7) is 3.22. The molecular formula is C31H36ClN3O4S. The molecule has 0 saturated heterocycles. The molecule has 3 aromatic rings. The van der Waals surface area contributed by atoms with Crippen LogP contribution in [-0.4, -0.2) is 43.8 Å². The highest BCUT2D eigenvalue weighted by Gasteiger charge is 2.33. The average Bonchev–Trinajstić information content (AvgIpc) is 2.95. The van der Waals surface area contributed by atoms with Gasteiger partial charge in [-0.2, -0.15) is 0 Å². The van der Waals surface area contributed by atoms with Crippen LogP contribution >= 0.6 is 11.6 Å². The Morgan fingerprint density at radius 2 is 1.62 bits per heavy atom. The molecule has 1 aliphatic rings. The van der Waals surface area contributed by atoms with E-state index in [9.17, 15) is 18.0 Å². The molecule has 1 fully saturated rings. The molecule has 3 aromatic carbocycles. The summed E-state index contributed by atoms with van der Waals surface area (Å²) in [5.74, 6) is -0.749. The quantitative estimate of drug-likeness (QED) is 0.332. The highest BCUT2D eigenvalue weighted by molar-refractivity contribution is 7.92. The fourth-order valence-electron chi connectivity index (χ4n) is 4.94. The number of nitrogens with zero attached hydrogens (tertiary/aromatic N) is 2. The van der Waals surface area contributed by atoms with Gasteiger partial charge in [-0.15, -0.1) is 0 Å². The molecule has 1 unspecified atom stereocenters. The van der Waals surface area contributed by atoms with Crippen LogP contribution in [0.3, 0.4) is 0 Å². The van der Waals surface area contributed by atoms with Crippen LogP contribution in [0.4, 0.5) is 5.69 Å². The van der Waals surface area contributed by atoms with Gasteiger partial charge in [0.15, 0.2) is 0 Å². The number of benzene rings is 3. The molecule has 212 valence electrons. The number of hydrogen-bond acceptors (Lipinski definition) is 4. The Kier molecular flexibility index (Phi) is 9.87. The predicted molar refractivity (Wildman–Crippen MR) is 159 cm³/mol. The molecule has 0 bridgehead atoms. The van der Waals surface area contributed by atoms with Gasteiger partial charge < -0.3 is 10.2 Å². The van der Waals surface area contributed by atoms with Gasteiger partial charge in [-0.05, 0) is 68.7 Å². The van der Waals surface area contributed by atoms with E-state index in [-0.39, 0.29) is 23.4 Å². The van der Waals surface area contributed by atoms with Crippen molar-refractivity contribution in [3.05, 3.63) is 95.0 Å². The SMILES string of the molecule is Cc1ccc(N(CC(=O)N(Cc2cccc(Cl)c2)C(C)C(=O)NC2CCCCC2)S(=O)(=O)c2ccccc2)cc1. The fraction of sp³-hybridized carbons (Fsp3) is 0.355. The lowest BCUT2D eigenvalue weighted by Gasteiger charge is -2.33. The Balaban J connectivity index is 1.66. The summed E-state index contributed by atoms with van der Waals surface area (Å²) in [6.07, 6.45) is 5.11. The minimum atomic E-state index is -4.08. The molecule has 4 rings (SSSR count). The maximum absolute atomic E-state index is 14.0. The number of rotatable bonds is 10. The third kappa shape index (κ3) is 7.43. The van der Waals surface area contributed by atoms with Crippen molar-refractivity contribution in [2.75, 3.05) is 10.8 Å². The molecule has 0 spiro atoms. The molecule has 1 aliphatic carbocycles. The lowest BCUT2D eigenvalue weighted by molar-refractivity contribution is -0.139. The average molecular weight is 582 g/mol. The van der Waals surface area contributed by atoms with E-state index >= 15 is 0 Å². The minimum absolute atomic E-state index is 0.0767. The van der Waals surface area contributed by atoms with Gasteiger partial charge in [0.05, 0.1) is 10.6 Å². The largest absolute Gasteiger partial charge is 0.352 e. The molecule has 9 heteroatoms. The summed E-state index contributed by atoms with van der Waals surface area (Å²) < 4.78 is 28.7. The third-order valence-electron chi connectivity index (χ3n) is 7.29. The number of aryl methyl sites for hydroxylation is 1. The Morgan fingerprint density at radius 3 is 2.27 bits per heavy atom. The van der Waals surface area contributed by atoms with E-state index in [4.69, 9.17) is 11.6 Å². The topological polar surface area (TPSA) is 86.8 Å². The summed E-state index contributed by atoms with van der Waals surface area (Å²) in [4.78, 5) is 28.9. The Labute approximate surface area is 242 Å². The van der Waals surface area contributed by atoms with Crippen molar-refractivity contribution in [3.8, 4) is 0 Å². The second-order valence-corrected chi connectivity index (χ2v) is 12.6. The van der Waals surface area contributed by atoms with Crippen molar-refractivity contribution in [1.82, 2.24) is 10.2 Å². The van der Waals surface area contributed by atoms with Crippen LogP contribution in [-0.2, 0) is 26.2 Å². The second kappa shape index (κ2) is 13.3. The fourth-order valence-corrected chi connectivity index (χ4v) is 6.59. The van der Waals surface area contributed by atoms with Crippen LogP contribution in [0.5, 0.6) is 0 Å². The molecular weight excluding hydrogens is 546 g/mol. The number of anilines is 1. The van der Waals surface area contributed by atoms with Crippen LogP contribution < -0.4 is 9.62 Å². The van der Waals surface area contributed by atoms with Crippen molar-refractivity contribution < 1.29 is 18.0 Å². The van der Waals surface area contributed by atoms with Gasteiger partial charge in [-0.3, -0.25) is 13.9 Å². The maximum Gasteiger partial charge on any atom is 0.264 e. The van der Waals surface area contributed by atoms with Gasteiger partial charge in [0.25, 0.3) is 10.0 Å². The van der Waals surface area contributed by atoms with Crippen LogP contribution in [0.25, 0.3) is 0 Å². The van der Waals surface area contributed by atoms with E-state index in [1.165, 1.54) is 17.0 Å². The van der Waals surface area contributed by atoms with Crippen molar-refractivity contribution in [2.24, 2.45) is 0 Å². The number of amides is 2. The zero-order valence-electron chi connectivity index (χ0n) is 22.9. The summed E-state index contributed by atoms with van der Waals surface area (Å²) >= 11 is 6.21. The smallest absolute Gasteiger partial charge is 0.264 e. The van der Waals surface area contributed by atoms with Crippen LogP contribution in [0.15, 0.2) is 83.8 Å². The van der Waals surface area contributed by atoms with Crippen molar-refractivity contribution in [1.29, 1.82) is 0 Å². The van der Waals surface area contributed by atoms with E-state index < -0.39 is 28.5 Å². The number of nitrogens with one attached hydrogen (secondary N) is 1. The molecule has 7 nitrogen and oxygen atoms in total. The van der Waals surface area contributed by atoms with E-state index in [0.717, 1.165) is 47.5 Å². The molecule has 0 radical (unpaired) electrons. The van der Waals surface area contributed by atoms with E-state index in [2.05, 4.69) is 5.32 Å². The minimum Gasteiger partial charge on any atom is -0.352 e. The first-order valence-electron chi connectivity index (χ1n) is 13.6. The zero-order chi connectivity index (χ0) is 28.7. The normalized spacial score (nSPS) is 14.8. The monoisotopic (exact) mass is 581 g/mol. The molecule has 2 amide bonds. The van der Waals surface area contributed by atoms with Crippen LogP contribution in [0, 0.1) is 6.92 Å². The Morgan fingerprint density at radius 1 is 0.950 bits per heavy atom. The highest BCUT2D eigenvalue weighted by atomic mass is 35.5. The number of carbonyl (C=O) groups is 2. The third-order valence-corrected chi connectivity index (χ3v) is 9.32. The van der Waals surface area contributed by atoms with Crippen LogP contribution in [0.1, 0.15) is 50.2 Å². The van der Waals surface area contributed by atoms with Gasteiger partial charge in [0, 0.05) is 17.6 Å². The van der Waals surface area contributed by atoms with Gasteiger partial charge in [0.1, 0.15) is 12.6 Å². The van der Waals surface area contributed by atoms with Crippen molar-refractivity contribution >= 4 is 39.1 Å². The molecule has 0 aromatic heterocycles. The van der Waals surface area contributed by atoms with Crippen LogP contribution in [0.2, 0.25) is 5.02 Å². The first-order chi connectivity index (χ1) is 19.1. The second-order valence-electron chi connectivity index (χ2n) is 10.3. The highest BCUT2D eigenvalue weighted by Crippen LogP contribution is 2.25. The van der Waals surface area contributed by atoms with Crippen molar-refractivity contribution in [2.45, 2.75) is 69.5 Å². The molecule has 1 atom stereocenters. The number of carbonyl (C=O) groups excluding carboxylic acids is 2. The Hall–Kier alpha value is -3.36. The molecule has 40 heavy (non-hydrogen) atoms. The molecule has 0 aliphatic heterocycles. The number of halogens is 1.